The Morgan fingerprint density at radius 2 is 0.804 bits per heavy atom. The van der Waals surface area contributed by atoms with Crippen LogP contribution in [0.1, 0.15) is 22.3 Å². The highest BCUT2D eigenvalue weighted by molar-refractivity contribution is 5.81. The largest absolute Gasteiger partial charge is 0.416 e. The van der Waals surface area contributed by atoms with E-state index in [-0.39, 0.29) is 0 Å². The third-order valence-corrected chi connectivity index (χ3v) is 8.40. The lowest BCUT2D eigenvalue weighted by molar-refractivity contribution is -0.137. The fourth-order valence-corrected chi connectivity index (χ4v) is 5.74. The fourth-order valence-electron chi connectivity index (χ4n) is 5.74. The van der Waals surface area contributed by atoms with Gasteiger partial charge in [0.15, 0.2) is 0 Å². The molecule has 6 aromatic carbocycles. The van der Waals surface area contributed by atoms with Crippen LogP contribution in [-0.4, -0.2) is 7.05 Å². The van der Waals surface area contributed by atoms with E-state index in [1.165, 1.54) is 39.9 Å². The Kier molecular flexibility index (Phi) is 8.42. The minimum Gasteiger partial charge on any atom is -0.345 e. The normalized spacial score (nSPS) is 11.4. The third kappa shape index (κ3) is 6.54. The molecule has 6 rings (SSSR count). The van der Waals surface area contributed by atoms with Crippen LogP contribution in [-0.2, 0) is 6.18 Å². The molecule has 0 spiro atoms. The second-order valence-corrected chi connectivity index (χ2v) is 11.7. The lowest BCUT2D eigenvalue weighted by atomic mass is 10.0. The molecular weight excluding hydrogens is 577 g/mol. The fraction of sp³-hybridized carbons (Fsp3) is 0.122. The maximum absolute atomic E-state index is 13.0. The maximum Gasteiger partial charge on any atom is 0.416 e. The standard InChI is InChI=1S/C41H35F3N2/c1-28-5-8-31(9-6-28)33-12-20-38(21-13-33)46(40-26-7-29(2)27-30(40)3)39-22-14-34(15-23-39)32-10-18-36(19-11-32)45(4)37-24-16-35(17-25-37)41(42,43)44/h5-27H,1-4H3. The van der Waals surface area contributed by atoms with Gasteiger partial charge < -0.3 is 9.80 Å². The zero-order valence-corrected chi connectivity index (χ0v) is 26.3. The summed E-state index contributed by atoms with van der Waals surface area (Å²) in [5.74, 6) is 0. The molecule has 0 saturated carbocycles. The van der Waals surface area contributed by atoms with Crippen LogP contribution >= 0.6 is 0 Å². The summed E-state index contributed by atoms with van der Waals surface area (Å²) >= 11 is 0. The Labute approximate surface area is 269 Å². The predicted molar refractivity (Wildman–Crippen MR) is 186 cm³/mol. The first kappa shape index (κ1) is 30.7. The molecule has 0 heterocycles. The van der Waals surface area contributed by atoms with Gasteiger partial charge >= 0.3 is 6.18 Å². The Morgan fingerprint density at radius 1 is 0.435 bits per heavy atom. The molecule has 0 N–H and O–H groups in total. The molecule has 0 aliphatic carbocycles. The molecule has 0 saturated heterocycles. The van der Waals surface area contributed by atoms with Crippen molar-refractivity contribution in [2.75, 3.05) is 16.8 Å². The first-order valence-electron chi connectivity index (χ1n) is 15.2. The lowest BCUT2D eigenvalue weighted by Gasteiger charge is -2.27. The smallest absolute Gasteiger partial charge is 0.345 e. The minimum absolute atomic E-state index is 0.654. The van der Waals surface area contributed by atoms with E-state index in [4.69, 9.17) is 0 Å². The van der Waals surface area contributed by atoms with E-state index in [2.05, 4.69) is 117 Å². The summed E-state index contributed by atoms with van der Waals surface area (Å²) in [7, 11) is 1.85. The summed E-state index contributed by atoms with van der Waals surface area (Å²) in [4.78, 5) is 4.17. The van der Waals surface area contributed by atoms with Crippen LogP contribution in [0.3, 0.4) is 0 Å². The molecule has 0 unspecified atom stereocenters. The monoisotopic (exact) mass is 612 g/mol. The van der Waals surface area contributed by atoms with Crippen LogP contribution in [0.15, 0.2) is 140 Å². The van der Waals surface area contributed by atoms with Crippen LogP contribution in [0.4, 0.5) is 41.6 Å². The molecule has 6 aromatic rings. The molecule has 0 aliphatic heterocycles. The maximum atomic E-state index is 13.0. The van der Waals surface area contributed by atoms with E-state index in [0.29, 0.717) is 5.69 Å². The number of anilines is 5. The van der Waals surface area contributed by atoms with E-state index in [1.54, 1.807) is 0 Å². The summed E-state index contributed by atoms with van der Waals surface area (Å²) < 4.78 is 39.0. The Hall–Kier alpha value is -5.29. The highest BCUT2D eigenvalue weighted by Gasteiger charge is 2.30. The minimum atomic E-state index is -4.35. The summed E-state index contributed by atoms with van der Waals surface area (Å²) in [5.41, 5.74) is 12.3. The van der Waals surface area contributed by atoms with Gasteiger partial charge in [0.25, 0.3) is 0 Å². The lowest BCUT2D eigenvalue weighted by Crippen LogP contribution is -2.11. The van der Waals surface area contributed by atoms with E-state index in [1.807, 2.05) is 36.2 Å². The Balaban J connectivity index is 1.27. The van der Waals surface area contributed by atoms with Crippen LogP contribution in [0.25, 0.3) is 22.3 Å². The molecule has 46 heavy (non-hydrogen) atoms. The van der Waals surface area contributed by atoms with Crippen molar-refractivity contribution in [2.24, 2.45) is 0 Å². The summed E-state index contributed by atoms with van der Waals surface area (Å²) in [6, 6.07) is 45.6. The Morgan fingerprint density at radius 3 is 1.22 bits per heavy atom. The number of hydrogen-bond acceptors (Lipinski definition) is 2. The summed E-state index contributed by atoms with van der Waals surface area (Å²) in [5, 5.41) is 0. The number of hydrogen-bond donors (Lipinski definition) is 0. The highest BCUT2D eigenvalue weighted by atomic mass is 19.4. The number of rotatable bonds is 7. The molecule has 0 fully saturated rings. The quantitative estimate of drug-likeness (QED) is 0.177. The van der Waals surface area contributed by atoms with Crippen molar-refractivity contribution < 1.29 is 13.2 Å². The average molecular weight is 613 g/mol. The van der Waals surface area contributed by atoms with Crippen LogP contribution in [0.2, 0.25) is 0 Å². The van der Waals surface area contributed by atoms with Crippen molar-refractivity contribution in [3.8, 4) is 22.3 Å². The van der Waals surface area contributed by atoms with E-state index >= 15 is 0 Å². The summed E-state index contributed by atoms with van der Waals surface area (Å²) in [6.45, 7) is 6.35. The van der Waals surface area contributed by atoms with Gasteiger partial charge in [-0.05, 0) is 115 Å². The molecule has 0 amide bonds. The number of nitrogens with zero attached hydrogens (tertiary/aromatic N) is 2. The van der Waals surface area contributed by atoms with Crippen molar-refractivity contribution in [3.05, 3.63) is 162 Å². The van der Waals surface area contributed by atoms with Gasteiger partial charge in [-0.2, -0.15) is 13.2 Å². The molecule has 0 bridgehead atoms. The highest BCUT2D eigenvalue weighted by Crippen LogP contribution is 2.39. The van der Waals surface area contributed by atoms with Gasteiger partial charge in [0.05, 0.1) is 5.56 Å². The molecule has 230 valence electrons. The molecule has 0 aliphatic rings. The first-order chi connectivity index (χ1) is 22.1. The van der Waals surface area contributed by atoms with Crippen molar-refractivity contribution in [2.45, 2.75) is 26.9 Å². The zero-order valence-electron chi connectivity index (χ0n) is 26.3. The SMILES string of the molecule is Cc1ccc(-c2ccc(N(c3ccc(-c4ccc(N(C)c5ccc(C(F)(F)F)cc5)cc4)cc3)c3ccc(C)cc3C)cc2)cc1. The van der Waals surface area contributed by atoms with Crippen LogP contribution in [0, 0.1) is 20.8 Å². The van der Waals surface area contributed by atoms with Gasteiger partial charge in [0.1, 0.15) is 0 Å². The van der Waals surface area contributed by atoms with E-state index in [9.17, 15) is 13.2 Å². The van der Waals surface area contributed by atoms with Gasteiger partial charge in [-0.3, -0.25) is 0 Å². The topological polar surface area (TPSA) is 6.48 Å². The number of benzene rings is 6. The van der Waals surface area contributed by atoms with Crippen LogP contribution < -0.4 is 9.80 Å². The third-order valence-electron chi connectivity index (χ3n) is 8.40. The van der Waals surface area contributed by atoms with Crippen molar-refractivity contribution in [3.63, 3.8) is 0 Å². The molecule has 0 aromatic heterocycles. The number of aryl methyl sites for hydroxylation is 3. The molecule has 2 nitrogen and oxygen atoms in total. The molecular formula is C41H35F3N2. The molecule has 0 atom stereocenters. The second-order valence-electron chi connectivity index (χ2n) is 11.7. The van der Waals surface area contributed by atoms with Crippen molar-refractivity contribution in [1.82, 2.24) is 0 Å². The average Bonchev–Trinajstić information content (AvgIpc) is 3.06. The molecule has 5 heteroatoms. The predicted octanol–water partition coefficient (Wildman–Crippen LogP) is 12.2. The van der Waals surface area contributed by atoms with Gasteiger partial charge in [-0.15, -0.1) is 0 Å². The first-order valence-corrected chi connectivity index (χ1v) is 15.2. The van der Waals surface area contributed by atoms with Crippen molar-refractivity contribution >= 4 is 28.4 Å². The number of alkyl halides is 3. The van der Waals surface area contributed by atoms with E-state index < -0.39 is 11.7 Å². The van der Waals surface area contributed by atoms with Gasteiger partial charge in [0, 0.05) is 35.5 Å². The van der Waals surface area contributed by atoms with Crippen LogP contribution in [0.5, 0.6) is 0 Å². The van der Waals surface area contributed by atoms with Gasteiger partial charge in [-0.25, -0.2) is 0 Å². The number of halogens is 3. The van der Waals surface area contributed by atoms with Gasteiger partial charge in [-0.1, -0.05) is 83.9 Å². The van der Waals surface area contributed by atoms with Crippen molar-refractivity contribution in [1.29, 1.82) is 0 Å². The second kappa shape index (κ2) is 12.6. The van der Waals surface area contributed by atoms with Gasteiger partial charge in [0.2, 0.25) is 0 Å². The Bertz CT molecular complexity index is 1920. The molecule has 0 radical (unpaired) electrons. The summed E-state index contributed by atoms with van der Waals surface area (Å²) in [6.07, 6.45) is -4.35. The van der Waals surface area contributed by atoms with E-state index in [0.717, 1.165) is 46.0 Å². The zero-order chi connectivity index (χ0) is 32.4.